The molecule has 2 heterocycles. The van der Waals surface area contributed by atoms with Gasteiger partial charge in [-0.1, -0.05) is 30.9 Å². The van der Waals surface area contributed by atoms with Gasteiger partial charge in [0.25, 0.3) is 0 Å². The summed E-state index contributed by atoms with van der Waals surface area (Å²) in [4.78, 5) is 1.33. The molecule has 0 aliphatic carbocycles. The highest BCUT2D eigenvalue weighted by Crippen LogP contribution is 2.37. The SMILES string of the molecule is C=C/C=C/[C@H]1CCO[C@@H]1c1cccs1. The second kappa shape index (κ2) is 4.58. The molecule has 0 radical (unpaired) electrons. The van der Waals surface area contributed by atoms with E-state index >= 15 is 0 Å². The Bertz CT molecular complexity index is 313. The van der Waals surface area contributed by atoms with Crippen LogP contribution in [0.25, 0.3) is 0 Å². The van der Waals surface area contributed by atoms with Gasteiger partial charge in [-0.25, -0.2) is 0 Å². The highest BCUT2D eigenvalue weighted by Gasteiger charge is 2.27. The molecule has 0 bridgehead atoms. The number of hydrogen-bond donors (Lipinski definition) is 0. The molecule has 1 aliphatic rings. The van der Waals surface area contributed by atoms with E-state index in [2.05, 4.69) is 30.2 Å². The molecule has 1 aliphatic heterocycles. The summed E-state index contributed by atoms with van der Waals surface area (Å²) >= 11 is 1.77. The van der Waals surface area contributed by atoms with Crippen LogP contribution in [0, 0.1) is 5.92 Å². The maximum atomic E-state index is 5.73. The van der Waals surface area contributed by atoms with Crippen LogP contribution in [0.5, 0.6) is 0 Å². The number of rotatable bonds is 3. The van der Waals surface area contributed by atoms with Gasteiger partial charge in [-0.3, -0.25) is 0 Å². The van der Waals surface area contributed by atoms with Gasteiger partial charge in [0.1, 0.15) is 0 Å². The third-order valence-corrected chi connectivity index (χ3v) is 3.39. The summed E-state index contributed by atoms with van der Waals surface area (Å²) in [5, 5.41) is 2.10. The van der Waals surface area contributed by atoms with E-state index in [1.54, 1.807) is 11.3 Å². The average Bonchev–Trinajstić information content (AvgIpc) is 2.84. The number of hydrogen-bond acceptors (Lipinski definition) is 2. The molecule has 0 spiro atoms. The predicted molar refractivity (Wildman–Crippen MR) is 60.5 cm³/mol. The summed E-state index contributed by atoms with van der Waals surface area (Å²) in [7, 11) is 0. The molecular weight excluding hydrogens is 192 g/mol. The minimum atomic E-state index is 0.270. The topological polar surface area (TPSA) is 9.23 Å². The lowest BCUT2D eigenvalue weighted by atomic mass is 10.00. The first kappa shape index (κ1) is 9.69. The molecular formula is C12H14OS. The van der Waals surface area contributed by atoms with Gasteiger partial charge in [-0.15, -0.1) is 11.3 Å². The lowest BCUT2D eigenvalue weighted by molar-refractivity contribution is 0.102. The van der Waals surface area contributed by atoms with Crippen molar-refractivity contribution in [2.45, 2.75) is 12.5 Å². The van der Waals surface area contributed by atoms with Crippen molar-refractivity contribution >= 4 is 11.3 Å². The van der Waals surface area contributed by atoms with E-state index in [1.807, 2.05) is 12.2 Å². The van der Waals surface area contributed by atoms with Crippen LogP contribution in [0.2, 0.25) is 0 Å². The molecule has 2 rings (SSSR count). The van der Waals surface area contributed by atoms with Gasteiger partial charge in [0.2, 0.25) is 0 Å². The van der Waals surface area contributed by atoms with Crippen LogP contribution in [0.1, 0.15) is 17.4 Å². The van der Waals surface area contributed by atoms with Crippen LogP contribution >= 0.6 is 11.3 Å². The Morgan fingerprint density at radius 3 is 3.21 bits per heavy atom. The quantitative estimate of drug-likeness (QED) is 0.687. The molecule has 1 aromatic heterocycles. The minimum Gasteiger partial charge on any atom is -0.372 e. The van der Waals surface area contributed by atoms with Crippen LogP contribution in [-0.2, 0) is 4.74 Å². The summed E-state index contributed by atoms with van der Waals surface area (Å²) in [6, 6.07) is 4.23. The molecule has 74 valence electrons. The molecule has 0 aromatic carbocycles. The summed E-state index contributed by atoms with van der Waals surface area (Å²) in [5.41, 5.74) is 0. The Morgan fingerprint density at radius 2 is 2.50 bits per heavy atom. The first-order valence-electron chi connectivity index (χ1n) is 4.86. The Hall–Kier alpha value is -0.860. The molecule has 0 saturated carbocycles. The van der Waals surface area contributed by atoms with Crippen molar-refractivity contribution in [1.82, 2.24) is 0 Å². The first-order chi connectivity index (χ1) is 6.92. The van der Waals surface area contributed by atoms with Crippen LogP contribution in [0.4, 0.5) is 0 Å². The van der Waals surface area contributed by atoms with Crippen LogP contribution in [0.3, 0.4) is 0 Å². The van der Waals surface area contributed by atoms with E-state index in [0.717, 1.165) is 13.0 Å². The molecule has 2 atom stereocenters. The van der Waals surface area contributed by atoms with E-state index in [9.17, 15) is 0 Å². The Balaban J connectivity index is 2.11. The molecule has 0 unspecified atom stereocenters. The summed E-state index contributed by atoms with van der Waals surface area (Å²) < 4.78 is 5.73. The van der Waals surface area contributed by atoms with Crippen molar-refractivity contribution in [2.24, 2.45) is 5.92 Å². The predicted octanol–water partition coefficient (Wildman–Crippen LogP) is 3.57. The molecule has 1 aromatic rings. The number of ether oxygens (including phenoxy) is 1. The van der Waals surface area contributed by atoms with Crippen molar-refractivity contribution < 1.29 is 4.74 Å². The fraction of sp³-hybridized carbons (Fsp3) is 0.333. The van der Waals surface area contributed by atoms with Crippen LogP contribution in [0.15, 0.2) is 42.3 Å². The molecule has 0 amide bonds. The van der Waals surface area contributed by atoms with Gasteiger partial charge in [0.05, 0.1) is 6.10 Å². The van der Waals surface area contributed by atoms with Crippen molar-refractivity contribution in [2.75, 3.05) is 6.61 Å². The van der Waals surface area contributed by atoms with Gasteiger partial charge < -0.3 is 4.74 Å². The van der Waals surface area contributed by atoms with E-state index in [4.69, 9.17) is 4.74 Å². The fourth-order valence-corrected chi connectivity index (χ4v) is 2.62. The Morgan fingerprint density at radius 1 is 1.57 bits per heavy atom. The zero-order valence-electron chi connectivity index (χ0n) is 8.06. The lowest BCUT2D eigenvalue weighted by Crippen LogP contribution is -2.02. The lowest BCUT2D eigenvalue weighted by Gasteiger charge is -2.12. The third kappa shape index (κ3) is 1.97. The summed E-state index contributed by atoms with van der Waals surface area (Å²) in [5.74, 6) is 0.520. The second-order valence-electron chi connectivity index (χ2n) is 3.38. The monoisotopic (exact) mass is 206 g/mol. The van der Waals surface area contributed by atoms with E-state index < -0.39 is 0 Å². The highest BCUT2D eigenvalue weighted by atomic mass is 32.1. The first-order valence-corrected chi connectivity index (χ1v) is 5.74. The van der Waals surface area contributed by atoms with E-state index in [-0.39, 0.29) is 6.10 Å². The number of allylic oxidation sites excluding steroid dienone is 2. The van der Waals surface area contributed by atoms with E-state index in [1.165, 1.54) is 4.88 Å². The van der Waals surface area contributed by atoms with Crippen molar-refractivity contribution in [1.29, 1.82) is 0 Å². The van der Waals surface area contributed by atoms with Gasteiger partial charge in [-0.05, 0) is 17.9 Å². The number of thiophene rings is 1. The summed E-state index contributed by atoms with van der Waals surface area (Å²) in [6.45, 7) is 4.55. The maximum Gasteiger partial charge on any atom is 0.0979 e. The maximum absolute atomic E-state index is 5.73. The van der Waals surface area contributed by atoms with E-state index in [0.29, 0.717) is 5.92 Å². The highest BCUT2D eigenvalue weighted by molar-refractivity contribution is 7.10. The normalized spacial score (nSPS) is 27.1. The Labute approximate surface area is 88.7 Å². The minimum absolute atomic E-state index is 0.270. The standard InChI is InChI=1S/C12H14OS/c1-2-3-5-10-7-8-13-12(10)11-6-4-9-14-11/h2-6,9-10,12H,1,7-8H2/b5-3+/t10-,12-/m0/s1. The molecule has 2 heteroatoms. The van der Waals surface area contributed by atoms with Crippen molar-refractivity contribution in [3.63, 3.8) is 0 Å². The van der Waals surface area contributed by atoms with Gasteiger partial charge in [0.15, 0.2) is 0 Å². The van der Waals surface area contributed by atoms with Crippen LogP contribution in [-0.4, -0.2) is 6.61 Å². The second-order valence-corrected chi connectivity index (χ2v) is 4.36. The molecule has 14 heavy (non-hydrogen) atoms. The summed E-state index contributed by atoms with van der Waals surface area (Å²) in [6.07, 6.45) is 7.42. The smallest absolute Gasteiger partial charge is 0.0979 e. The van der Waals surface area contributed by atoms with Gasteiger partial charge >= 0.3 is 0 Å². The molecule has 1 nitrogen and oxygen atoms in total. The average molecular weight is 206 g/mol. The molecule has 1 saturated heterocycles. The Kier molecular flexibility index (Phi) is 3.17. The molecule has 1 fully saturated rings. The van der Waals surface area contributed by atoms with Crippen molar-refractivity contribution in [3.05, 3.63) is 47.2 Å². The fourth-order valence-electron chi connectivity index (χ4n) is 1.77. The van der Waals surface area contributed by atoms with Crippen LogP contribution < -0.4 is 0 Å². The molecule has 0 N–H and O–H groups in total. The van der Waals surface area contributed by atoms with Crippen molar-refractivity contribution in [3.8, 4) is 0 Å². The van der Waals surface area contributed by atoms with Gasteiger partial charge in [-0.2, -0.15) is 0 Å². The third-order valence-electron chi connectivity index (χ3n) is 2.46. The van der Waals surface area contributed by atoms with Gasteiger partial charge in [0, 0.05) is 17.4 Å². The largest absolute Gasteiger partial charge is 0.372 e. The zero-order chi connectivity index (χ0) is 9.80. The zero-order valence-corrected chi connectivity index (χ0v) is 8.87.